The summed E-state index contributed by atoms with van der Waals surface area (Å²) in [6.45, 7) is 0.0448. The van der Waals surface area contributed by atoms with Crippen LogP contribution in [0.2, 0.25) is 0 Å². The summed E-state index contributed by atoms with van der Waals surface area (Å²) in [5.41, 5.74) is 1.16. The maximum absolute atomic E-state index is 12.8. The average molecular weight is 546 g/mol. The lowest BCUT2D eigenvalue weighted by atomic mass is 10.0. The first kappa shape index (κ1) is 25.5. The highest BCUT2D eigenvalue weighted by Gasteiger charge is 2.30. The molecule has 0 saturated carbocycles. The molecular formula is C25H24BrNO6S. The third kappa shape index (κ3) is 8.00. The van der Waals surface area contributed by atoms with Gasteiger partial charge in [0.25, 0.3) is 0 Å². The largest absolute Gasteiger partial charge is 0.508 e. The second-order valence-corrected chi connectivity index (χ2v) is 8.42. The van der Waals surface area contributed by atoms with Crippen molar-refractivity contribution in [2.24, 2.45) is 0 Å². The number of halogens is 1. The molecule has 0 bridgehead atoms. The van der Waals surface area contributed by atoms with E-state index in [2.05, 4.69) is 33.9 Å². The van der Waals surface area contributed by atoms with E-state index in [4.69, 9.17) is 14.2 Å². The molecule has 3 aromatic carbocycles. The molecule has 0 unspecified atom stereocenters. The van der Waals surface area contributed by atoms with Crippen molar-refractivity contribution in [3.8, 4) is 11.5 Å². The number of amides is 1. The molecule has 0 aliphatic rings. The van der Waals surface area contributed by atoms with Crippen LogP contribution in [0.3, 0.4) is 0 Å². The van der Waals surface area contributed by atoms with Gasteiger partial charge < -0.3 is 19.3 Å². The van der Waals surface area contributed by atoms with E-state index in [9.17, 15) is 14.7 Å². The number of rotatable bonds is 10. The molecular weight excluding hydrogens is 522 g/mol. The number of aromatic hydroxyl groups is 1. The number of hydrogen-bond donors (Lipinski definition) is 3. The molecule has 2 atom stereocenters. The Kier molecular flexibility index (Phi) is 9.66. The molecule has 0 fully saturated rings. The molecule has 0 heterocycles. The Hall–Kier alpha value is -3.17. The summed E-state index contributed by atoms with van der Waals surface area (Å²) in [6.07, 6.45) is -2.01. The lowest BCUT2D eigenvalue weighted by Gasteiger charge is -2.28. The number of esters is 1. The first-order valence-electron chi connectivity index (χ1n) is 10.4. The Bertz CT molecular complexity index is 1060. The van der Waals surface area contributed by atoms with Crippen LogP contribution in [0.1, 0.15) is 18.1 Å². The molecule has 0 aliphatic heterocycles. The van der Waals surface area contributed by atoms with Crippen molar-refractivity contribution in [3.63, 3.8) is 0 Å². The van der Waals surface area contributed by atoms with Gasteiger partial charge in [0.1, 0.15) is 17.6 Å². The third-order valence-electron chi connectivity index (χ3n) is 4.71. The minimum Gasteiger partial charge on any atom is -0.508 e. The van der Waals surface area contributed by atoms with Crippen LogP contribution in [0.25, 0.3) is 0 Å². The molecule has 3 aromatic rings. The molecule has 1 amide bonds. The smallest absolute Gasteiger partial charge is 0.412 e. The summed E-state index contributed by atoms with van der Waals surface area (Å²) < 4.78 is 18.0. The second-order valence-electron chi connectivity index (χ2n) is 7.19. The predicted octanol–water partition coefficient (Wildman–Crippen LogP) is 5.76. The van der Waals surface area contributed by atoms with E-state index in [1.54, 1.807) is 48.5 Å². The van der Waals surface area contributed by atoms with Crippen molar-refractivity contribution in [1.29, 1.82) is 0 Å². The third-order valence-corrected chi connectivity index (χ3v) is 5.50. The Morgan fingerprint density at radius 2 is 1.65 bits per heavy atom. The van der Waals surface area contributed by atoms with E-state index in [0.29, 0.717) is 17.0 Å². The standard InChI is InChI=1S/C25H24BrNO6S/c26-18-8-10-19(11-9-18)27-25(30)33-24(17-6-12-20(28)13-7-17)22(14-15-31-23(29)16-34)32-21-4-2-1-3-5-21/h1-13,22,24,28,34H,14-16H2,(H,27,30)/t22-,24-/m1/s1. The van der Waals surface area contributed by atoms with E-state index >= 15 is 0 Å². The summed E-state index contributed by atoms with van der Waals surface area (Å²) in [5, 5.41) is 12.4. The number of ether oxygens (including phenoxy) is 3. The minimum absolute atomic E-state index is 0.0440. The van der Waals surface area contributed by atoms with Crippen LogP contribution in [-0.4, -0.2) is 35.6 Å². The van der Waals surface area contributed by atoms with Gasteiger partial charge in [0.15, 0.2) is 6.10 Å². The van der Waals surface area contributed by atoms with E-state index < -0.39 is 24.3 Å². The number of anilines is 1. The van der Waals surface area contributed by atoms with E-state index in [1.165, 1.54) is 12.1 Å². The quantitative estimate of drug-likeness (QED) is 0.221. The van der Waals surface area contributed by atoms with Gasteiger partial charge in [0, 0.05) is 16.6 Å². The summed E-state index contributed by atoms with van der Waals surface area (Å²) in [4.78, 5) is 24.4. The van der Waals surface area contributed by atoms with Crippen molar-refractivity contribution >= 4 is 46.3 Å². The molecule has 2 N–H and O–H groups in total. The zero-order chi connectivity index (χ0) is 24.3. The van der Waals surface area contributed by atoms with Crippen LogP contribution < -0.4 is 10.1 Å². The number of para-hydroxylation sites is 1. The number of nitrogens with one attached hydrogen (secondary N) is 1. The number of thiol groups is 1. The van der Waals surface area contributed by atoms with Gasteiger partial charge in [-0.2, -0.15) is 12.6 Å². The van der Waals surface area contributed by atoms with Crippen LogP contribution in [0.4, 0.5) is 10.5 Å². The minimum atomic E-state index is -0.869. The predicted molar refractivity (Wildman–Crippen MR) is 135 cm³/mol. The number of hydrogen-bond acceptors (Lipinski definition) is 7. The number of benzene rings is 3. The van der Waals surface area contributed by atoms with Crippen molar-refractivity contribution in [3.05, 3.63) is 88.9 Å². The van der Waals surface area contributed by atoms with E-state index in [-0.39, 0.29) is 24.5 Å². The summed E-state index contributed by atoms with van der Waals surface area (Å²) in [5.74, 6) is 0.133. The number of carbonyl (C=O) groups is 2. The molecule has 0 aromatic heterocycles. The van der Waals surface area contributed by atoms with Crippen molar-refractivity contribution in [2.75, 3.05) is 17.7 Å². The van der Waals surface area contributed by atoms with Crippen LogP contribution in [0.15, 0.2) is 83.3 Å². The first-order valence-corrected chi connectivity index (χ1v) is 11.9. The SMILES string of the molecule is O=C(CS)OCC[C@@H](Oc1ccccc1)[C@H](OC(=O)Nc1ccc(Br)cc1)c1ccc(O)cc1. The summed E-state index contributed by atoms with van der Waals surface area (Å²) >= 11 is 7.27. The fourth-order valence-electron chi connectivity index (χ4n) is 3.10. The van der Waals surface area contributed by atoms with Crippen molar-refractivity contribution in [1.82, 2.24) is 0 Å². The van der Waals surface area contributed by atoms with Gasteiger partial charge >= 0.3 is 12.1 Å². The molecule has 178 valence electrons. The zero-order valence-electron chi connectivity index (χ0n) is 18.1. The van der Waals surface area contributed by atoms with Gasteiger partial charge in [0.2, 0.25) is 0 Å². The molecule has 7 nitrogen and oxygen atoms in total. The molecule has 0 spiro atoms. The lowest BCUT2D eigenvalue weighted by Crippen LogP contribution is -2.32. The topological polar surface area (TPSA) is 94.1 Å². The van der Waals surface area contributed by atoms with Crippen molar-refractivity contribution < 1.29 is 28.9 Å². The Labute approximate surface area is 211 Å². The Morgan fingerprint density at radius 1 is 0.971 bits per heavy atom. The van der Waals surface area contributed by atoms with Crippen molar-refractivity contribution in [2.45, 2.75) is 18.6 Å². The Balaban J connectivity index is 1.84. The lowest BCUT2D eigenvalue weighted by molar-refractivity contribution is -0.141. The van der Waals surface area contributed by atoms with Crippen LogP contribution >= 0.6 is 28.6 Å². The first-order chi connectivity index (χ1) is 16.4. The highest BCUT2D eigenvalue weighted by molar-refractivity contribution is 9.10. The van der Waals surface area contributed by atoms with Gasteiger partial charge in [-0.15, -0.1) is 0 Å². The molecule has 0 saturated heterocycles. The monoisotopic (exact) mass is 545 g/mol. The van der Waals surface area contributed by atoms with Gasteiger partial charge in [0.05, 0.1) is 12.4 Å². The van der Waals surface area contributed by atoms with E-state index in [1.807, 2.05) is 18.2 Å². The average Bonchev–Trinajstić information content (AvgIpc) is 2.84. The maximum atomic E-state index is 12.8. The van der Waals surface area contributed by atoms with Gasteiger partial charge in [-0.1, -0.05) is 46.3 Å². The number of carbonyl (C=O) groups excluding carboxylic acids is 2. The highest BCUT2D eigenvalue weighted by atomic mass is 79.9. The molecule has 3 rings (SSSR count). The maximum Gasteiger partial charge on any atom is 0.412 e. The fourth-order valence-corrected chi connectivity index (χ4v) is 3.45. The second kappa shape index (κ2) is 12.9. The molecule has 34 heavy (non-hydrogen) atoms. The molecule has 9 heteroatoms. The van der Waals surface area contributed by atoms with Gasteiger partial charge in [-0.05, 0) is 54.1 Å². The zero-order valence-corrected chi connectivity index (χ0v) is 20.6. The number of phenols is 1. The van der Waals surface area contributed by atoms with Gasteiger partial charge in [-0.25, -0.2) is 4.79 Å². The highest BCUT2D eigenvalue weighted by Crippen LogP contribution is 2.29. The van der Waals surface area contributed by atoms with Gasteiger partial charge in [-0.3, -0.25) is 10.1 Å². The van der Waals surface area contributed by atoms with Crippen LogP contribution in [-0.2, 0) is 14.3 Å². The fraction of sp³-hybridized carbons (Fsp3) is 0.200. The summed E-state index contributed by atoms with van der Waals surface area (Å²) in [7, 11) is 0. The molecule has 0 radical (unpaired) electrons. The van der Waals surface area contributed by atoms with Crippen LogP contribution in [0, 0.1) is 0 Å². The normalized spacial score (nSPS) is 12.3. The van der Waals surface area contributed by atoms with E-state index in [0.717, 1.165) is 4.47 Å². The Morgan fingerprint density at radius 3 is 2.29 bits per heavy atom. The van der Waals surface area contributed by atoms with Crippen LogP contribution in [0.5, 0.6) is 11.5 Å². The molecule has 0 aliphatic carbocycles. The summed E-state index contributed by atoms with van der Waals surface area (Å²) in [6, 6.07) is 22.4. The number of phenolic OH excluding ortho intramolecular Hbond substituents is 1.